The highest BCUT2D eigenvalue weighted by atomic mass is 32.2. The summed E-state index contributed by atoms with van der Waals surface area (Å²) in [5.41, 5.74) is 2.47. The summed E-state index contributed by atoms with van der Waals surface area (Å²) < 4.78 is 1.03. The molecule has 6 nitrogen and oxygen atoms in total. The first-order valence-electron chi connectivity index (χ1n) is 8.55. The van der Waals surface area contributed by atoms with Crippen LogP contribution in [0.25, 0.3) is 10.2 Å². The van der Waals surface area contributed by atoms with Gasteiger partial charge in [-0.3, -0.25) is 9.59 Å². The number of hydrogen-bond donors (Lipinski definition) is 2. The molecule has 1 aliphatic rings. The van der Waals surface area contributed by atoms with E-state index in [0.29, 0.717) is 10.3 Å². The molecule has 26 heavy (non-hydrogen) atoms. The van der Waals surface area contributed by atoms with E-state index in [1.807, 2.05) is 24.3 Å². The number of H-pyrrole nitrogens is 1. The molecule has 1 aliphatic carbocycles. The Kier molecular flexibility index (Phi) is 4.78. The van der Waals surface area contributed by atoms with Crippen molar-refractivity contribution in [2.45, 2.75) is 43.0 Å². The Labute approximate surface area is 158 Å². The van der Waals surface area contributed by atoms with Crippen LogP contribution in [0.3, 0.4) is 0 Å². The van der Waals surface area contributed by atoms with Gasteiger partial charge >= 0.3 is 0 Å². The summed E-state index contributed by atoms with van der Waals surface area (Å²) >= 11 is 2.71. The lowest BCUT2D eigenvalue weighted by Crippen LogP contribution is -2.25. The highest BCUT2D eigenvalue weighted by Crippen LogP contribution is 2.27. The zero-order valence-corrected chi connectivity index (χ0v) is 15.9. The van der Waals surface area contributed by atoms with Crippen molar-refractivity contribution < 1.29 is 4.79 Å². The van der Waals surface area contributed by atoms with E-state index in [0.717, 1.165) is 47.2 Å². The molecule has 1 unspecified atom stereocenters. The first-order chi connectivity index (χ1) is 12.6. The van der Waals surface area contributed by atoms with Crippen LogP contribution in [0.4, 0.5) is 5.13 Å². The molecular formula is C18H18N4O2S2. The van der Waals surface area contributed by atoms with Crippen LogP contribution in [0, 0.1) is 0 Å². The molecule has 1 amide bonds. The van der Waals surface area contributed by atoms with Crippen LogP contribution in [0.2, 0.25) is 0 Å². The largest absolute Gasteiger partial charge is 0.301 e. The number of carbonyl (C=O) groups excluding carboxylic acids is 1. The van der Waals surface area contributed by atoms with Gasteiger partial charge in [-0.05, 0) is 44.7 Å². The van der Waals surface area contributed by atoms with E-state index in [4.69, 9.17) is 0 Å². The predicted molar refractivity (Wildman–Crippen MR) is 105 cm³/mol. The third-order valence-corrected chi connectivity index (χ3v) is 6.29. The highest BCUT2D eigenvalue weighted by molar-refractivity contribution is 8.00. The number of rotatable bonds is 4. The molecule has 2 aromatic heterocycles. The summed E-state index contributed by atoms with van der Waals surface area (Å²) in [5, 5.41) is 3.54. The quantitative estimate of drug-likeness (QED) is 0.530. The minimum atomic E-state index is -0.396. The third kappa shape index (κ3) is 3.52. The van der Waals surface area contributed by atoms with Gasteiger partial charge in [0.05, 0.1) is 21.2 Å². The molecule has 0 fully saturated rings. The van der Waals surface area contributed by atoms with Gasteiger partial charge in [-0.15, -0.1) is 0 Å². The van der Waals surface area contributed by atoms with Crippen molar-refractivity contribution in [3.63, 3.8) is 0 Å². The molecule has 2 N–H and O–H groups in total. The number of aryl methyl sites for hydroxylation is 1. The Morgan fingerprint density at radius 1 is 1.27 bits per heavy atom. The Hall–Kier alpha value is -2.19. The second-order valence-electron chi connectivity index (χ2n) is 6.24. The molecule has 1 aromatic carbocycles. The van der Waals surface area contributed by atoms with Crippen LogP contribution in [0.1, 0.15) is 31.0 Å². The van der Waals surface area contributed by atoms with Crippen molar-refractivity contribution in [1.29, 1.82) is 0 Å². The first kappa shape index (κ1) is 17.2. The van der Waals surface area contributed by atoms with Crippen molar-refractivity contribution >= 4 is 44.4 Å². The molecule has 0 saturated heterocycles. The van der Waals surface area contributed by atoms with Crippen LogP contribution in [0.5, 0.6) is 0 Å². The van der Waals surface area contributed by atoms with Crippen LogP contribution in [-0.2, 0) is 17.6 Å². The number of nitrogens with zero attached hydrogens (tertiary/aromatic N) is 2. The van der Waals surface area contributed by atoms with E-state index in [2.05, 4.69) is 20.3 Å². The molecule has 1 atom stereocenters. The maximum absolute atomic E-state index is 12.5. The average Bonchev–Trinajstić information content (AvgIpc) is 3.04. The van der Waals surface area contributed by atoms with Crippen LogP contribution in [0.15, 0.2) is 34.2 Å². The van der Waals surface area contributed by atoms with Crippen molar-refractivity contribution in [1.82, 2.24) is 15.0 Å². The van der Waals surface area contributed by atoms with Gasteiger partial charge in [0.15, 0.2) is 10.3 Å². The zero-order valence-electron chi connectivity index (χ0n) is 14.2. The zero-order chi connectivity index (χ0) is 18.1. The SMILES string of the molecule is CC(Sc1nc2c(c(=O)[nH]1)CCCC2)C(=O)Nc1nc2ccccc2s1. The number of hydrogen-bond acceptors (Lipinski definition) is 6. The highest BCUT2D eigenvalue weighted by Gasteiger charge is 2.20. The van der Waals surface area contributed by atoms with Crippen LogP contribution >= 0.6 is 23.1 Å². The van der Waals surface area contributed by atoms with E-state index >= 15 is 0 Å². The molecule has 0 saturated carbocycles. The summed E-state index contributed by atoms with van der Waals surface area (Å²) in [4.78, 5) is 36.5. The molecule has 0 aliphatic heterocycles. The van der Waals surface area contributed by atoms with Gasteiger partial charge in [0.1, 0.15) is 0 Å². The lowest BCUT2D eigenvalue weighted by atomic mass is 9.97. The van der Waals surface area contributed by atoms with Crippen LogP contribution < -0.4 is 10.9 Å². The Bertz CT molecular complexity index is 994. The summed E-state index contributed by atoms with van der Waals surface area (Å²) in [7, 11) is 0. The fraction of sp³-hybridized carbons (Fsp3) is 0.333. The molecule has 8 heteroatoms. The summed E-state index contributed by atoms with van der Waals surface area (Å²) in [6.07, 6.45) is 3.71. The molecule has 4 rings (SSSR count). The van der Waals surface area contributed by atoms with Crippen molar-refractivity contribution in [2.24, 2.45) is 0 Å². The predicted octanol–water partition coefficient (Wildman–Crippen LogP) is 3.38. The molecule has 2 heterocycles. The number of para-hydroxylation sites is 1. The normalized spacial score (nSPS) is 14.8. The molecular weight excluding hydrogens is 368 g/mol. The van der Waals surface area contributed by atoms with Crippen molar-refractivity contribution in [3.05, 3.63) is 45.9 Å². The minimum Gasteiger partial charge on any atom is -0.301 e. The van der Waals surface area contributed by atoms with Crippen LogP contribution in [-0.4, -0.2) is 26.1 Å². The Morgan fingerprint density at radius 2 is 2.08 bits per heavy atom. The van der Waals surface area contributed by atoms with Gasteiger partial charge in [0, 0.05) is 5.56 Å². The second-order valence-corrected chi connectivity index (χ2v) is 8.60. The van der Waals surface area contributed by atoms with Gasteiger partial charge in [-0.25, -0.2) is 9.97 Å². The fourth-order valence-corrected chi connectivity index (χ4v) is 4.67. The van der Waals surface area contributed by atoms with Crippen molar-refractivity contribution in [2.75, 3.05) is 5.32 Å². The maximum Gasteiger partial charge on any atom is 0.254 e. The van der Waals surface area contributed by atoms with E-state index < -0.39 is 5.25 Å². The maximum atomic E-state index is 12.5. The number of carbonyl (C=O) groups is 1. The third-order valence-electron chi connectivity index (χ3n) is 4.35. The molecule has 0 spiro atoms. The summed E-state index contributed by atoms with van der Waals surface area (Å²) in [6.45, 7) is 1.80. The standard InChI is InChI=1S/C18H18N4O2S2/c1-10(15(23)21-18-20-13-8-4-5-9-14(13)26-18)25-17-19-12-7-3-2-6-11(12)16(24)22-17/h4-5,8-10H,2-3,6-7H2,1H3,(H,19,22,24)(H,20,21,23). The number of aromatic nitrogens is 3. The Morgan fingerprint density at radius 3 is 2.92 bits per heavy atom. The molecule has 134 valence electrons. The van der Waals surface area contributed by atoms with E-state index in [1.165, 1.54) is 23.1 Å². The monoisotopic (exact) mass is 386 g/mol. The van der Waals surface area contributed by atoms with Gasteiger partial charge in [0.2, 0.25) is 5.91 Å². The van der Waals surface area contributed by atoms with E-state index in [-0.39, 0.29) is 11.5 Å². The lowest BCUT2D eigenvalue weighted by molar-refractivity contribution is -0.115. The number of benzene rings is 1. The van der Waals surface area contributed by atoms with E-state index in [1.54, 1.807) is 6.92 Å². The number of nitrogens with one attached hydrogen (secondary N) is 2. The summed E-state index contributed by atoms with van der Waals surface area (Å²) in [6, 6.07) is 7.76. The molecule has 0 radical (unpaired) electrons. The number of anilines is 1. The Balaban J connectivity index is 1.47. The number of fused-ring (bicyclic) bond motifs is 2. The first-order valence-corrected chi connectivity index (χ1v) is 10.2. The second kappa shape index (κ2) is 7.20. The average molecular weight is 387 g/mol. The minimum absolute atomic E-state index is 0.0732. The number of amides is 1. The number of thiazole rings is 1. The fourth-order valence-electron chi connectivity index (χ4n) is 2.99. The van der Waals surface area contributed by atoms with Gasteiger partial charge in [-0.1, -0.05) is 35.2 Å². The number of thioether (sulfide) groups is 1. The lowest BCUT2D eigenvalue weighted by Gasteiger charge is -2.15. The van der Waals surface area contributed by atoms with Gasteiger partial charge in [0.25, 0.3) is 5.56 Å². The van der Waals surface area contributed by atoms with E-state index in [9.17, 15) is 9.59 Å². The number of aromatic amines is 1. The topological polar surface area (TPSA) is 87.7 Å². The summed E-state index contributed by atoms with van der Waals surface area (Å²) in [5.74, 6) is -0.158. The van der Waals surface area contributed by atoms with Gasteiger partial charge in [-0.2, -0.15) is 0 Å². The molecule has 3 aromatic rings. The van der Waals surface area contributed by atoms with Gasteiger partial charge < -0.3 is 10.3 Å². The van der Waals surface area contributed by atoms with Crippen molar-refractivity contribution in [3.8, 4) is 0 Å². The smallest absolute Gasteiger partial charge is 0.254 e. The molecule has 0 bridgehead atoms.